The third-order valence-electron chi connectivity index (χ3n) is 4.40. The number of halogens is 1. The van der Waals surface area contributed by atoms with E-state index in [1.165, 1.54) is 19.3 Å². The summed E-state index contributed by atoms with van der Waals surface area (Å²) in [5.41, 5.74) is 7.84. The minimum Gasteiger partial charge on any atom is -0.380 e. The summed E-state index contributed by atoms with van der Waals surface area (Å²) < 4.78 is 5.11. The molecule has 0 atom stereocenters. The van der Waals surface area contributed by atoms with Crippen LogP contribution in [-0.2, 0) is 16.1 Å². The van der Waals surface area contributed by atoms with Gasteiger partial charge >= 0.3 is 0 Å². The SMILES string of the molecule is COCc1cccc(NC(=O)CC2(CN)CCCCC2)c1.Cl. The lowest BCUT2D eigenvalue weighted by Gasteiger charge is -2.35. The number of benzene rings is 1. The Bertz CT molecular complexity index is 473. The molecule has 2 rings (SSSR count). The fourth-order valence-corrected chi connectivity index (χ4v) is 3.21. The van der Waals surface area contributed by atoms with Gasteiger partial charge in [-0.25, -0.2) is 0 Å². The number of hydrogen-bond acceptors (Lipinski definition) is 3. The van der Waals surface area contributed by atoms with Gasteiger partial charge in [0.15, 0.2) is 0 Å². The average Bonchev–Trinajstić information content (AvgIpc) is 2.49. The third-order valence-corrected chi connectivity index (χ3v) is 4.40. The van der Waals surface area contributed by atoms with Crippen molar-refractivity contribution in [3.8, 4) is 0 Å². The number of anilines is 1. The van der Waals surface area contributed by atoms with Gasteiger partial charge in [-0.15, -0.1) is 12.4 Å². The van der Waals surface area contributed by atoms with Crippen LogP contribution < -0.4 is 11.1 Å². The molecule has 0 unspecified atom stereocenters. The molecular formula is C17H27ClN2O2. The van der Waals surface area contributed by atoms with E-state index in [9.17, 15) is 4.79 Å². The zero-order chi connectivity index (χ0) is 15.1. The van der Waals surface area contributed by atoms with E-state index in [0.717, 1.165) is 24.1 Å². The molecule has 1 saturated carbocycles. The Morgan fingerprint density at radius 1 is 1.32 bits per heavy atom. The lowest BCUT2D eigenvalue weighted by Crippen LogP contribution is -2.36. The molecule has 0 aliphatic heterocycles. The molecule has 1 fully saturated rings. The lowest BCUT2D eigenvalue weighted by atomic mass is 9.71. The van der Waals surface area contributed by atoms with E-state index in [4.69, 9.17) is 10.5 Å². The van der Waals surface area contributed by atoms with Gasteiger partial charge in [-0.2, -0.15) is 0 Å². The molecule has 124 valence electrons. The summed E-state index contributed by atoms with van der Waals surface area (Å²) >= 11 is 0. The van der Waals surface area contributed by atoms with Gasteiger partial charge in [-0.1, -0.05) is 31.4 Å². The number of carbonyl (C=O) groups excluding carboxylic acids is 1. The molecule has 0 saturated heterocycles. The fourth-order valence-electron chi connectivity index (χ4n) is 3.21. The first-order valence-electron chi connectivity index (χ1n) is 7.75. The van der Waals surface area contributed by atoms with Crippen molar-refractivity contribution >= 4 is 24.0 Å². The molecular weight excluding hydrogens is 300 g/mol. The second kappa shape index (κ2) is 9.13. The van der Waals surface area contributed by atoms with E-state index in [2.05, 4.69) is 5.32 Å². The van der Waals surface area contributed by atoms with E-state index in [1.54, 1.807) is 7.11 Å². The summed E-state index contributed by atoms with van der Waals surface area (Å²) in [4.78, 5) is 12.3. The Morgan fingerprint density at radius 2 is 2.05 bits per heavy atom. The minimum absolute atomic E-state index is 0. The summed E-state index contributed by atoms with van der Waals surface area (Å²) in [6.07, 6.45) is 6.31. The minimum atomic E-state index is 0. The highest BCUT2D eigenvalue weighted by Gasteiger charge is 2.32. The number of methoxy groups -OCH3 is 1. The van der Waals surface area contributed by atoms with Crippen molar-refractivity contribution in [2.75, 3.05) is 19.0 Å². The van der Waals surface area contributed by atoms with Crippen LogP contribution >= 0.6 is 12.4 Å². The van der Waals surface area contributed by atoms with Gasteiger partial charge in [0.1, 0.15) is 0 Å². The number of nitrogens with two attached hydrogens (primary N) is 1. The van der Waals surface area contributed by atoms with E-state index in [1.807, 2.05) is 24.3 Å². The first kappa shape index (κ1) is 18.9. The Morgan fingerprint density at radius 3 is 2.68 bits per heavy atom. The van der Waals surface area contributed by atoms with Gasteiger partial charge in [-0.3, -0.25) is 4.79 Å². The second-order valence-corrected chi connectivity index (χ2v) is 6.12. The molecule has 1 aromatic rings. The molecule has 0 aromatic heterocycles. The van der Waals surface area contributed by atoms with Crippen LogP contribution in [0.15, 0.2) is 24.3 Å². The molecule has 4 nitrogen and oxygen atoms in total. The predicted molar refractivity (Wildman–Crippen MR) is 92.2 cm³/mol. The van der Waals surface area contributed by atoms with E-state index in [-0.39, 0.29) is 23.7 Å². The monoisotopic (exact) mass is 326 g/mol. The van der Waals surface area contributed by atoms with Crippen LogP contribution in [0.3, 0.4) is 0 Å². The van der Waals surface area contributed by atoms with E-state index >= 15 is 0 Å². The summed E-state index contributed by atoms with van der Waals surface area (Å²) in [6.45, 7) is 1.15. The van der Waals surface area contributed by atoms with Crippen LogP contribution in [0, 0.1) is 5.41 Å². The fraction of sp³-hybridized carbons (Fsp3) is 0.588. The summed E-state index contributed by atoms with van der Waals surface area (Å²) in [5.74, 6) is 0.0666. The highest BCUT2D eigenvalue weighted by Crippen LogP contribution is 2.38. The molecule has 0 radical (unpaired) electrons. The van der Waals surface area contributed by atoms with Crippen LogP contribution in [0.25, 0.3) is 0 Å². The maximum Gasteiger partial charge on any atom is 0.224 e. The van der Waals surface area contributed by atoms with Gasteiger partial charge in [0.05, 0.1) is 6.61 Å². The van der Waals surface area contributed by atoms with E-state index in [0.29, 0.717) is 19.6 Å². The summed E-state index contributed by atoms with van der Waals surface area (Å²) in [7, 11) is 1.67. The largest absolute Gasteiger partial charge is 0.380 e. The number of rotatable bonds is 6. The van der Waals surface area contributed by atoms with Crippen LogP contribution in [0.4, 0.5) is 5.69 Å². The Balaban J connectivity index is 0.00000242. The second-order valence-electron chi connectivity index (χ2n) is 6.12. The van der Waals surface area contributed by atoms with Crippen molar-refractivity contribution in [2.45, 2.75) is 45.1 Å². The van der Waals surface area contributed by atoms with Crippen molar-refractivity contribution in [3.63, 3.8) is 0 Å². The van der Waals surface area contributed by atoms with Gasteiger partial charge < -0.3 is 15.8 Å². The van der Waals surface area contributed by atoms with Gasteiger partial charge in [0, 0.05) is 19.2 Å². The van der Waals surface area contributed by atoms with E-state index < -0.39 is 0 Å². The highest BCUT2D eigenvalue weighted by molar-refractivity contribution is 5.91. The molecule has 22 heavy (non-hydrogen) atoms. The normalized spacial score (nSPS) is 16.6. The molecule has 0 bridgehead atoms. The van der Waals surface area contributed by atoms with Crippen LogP contribution in [0.2, 0.25) is 0 Å². The van der Waals surface area contributed by atoms with Crippen LogP contribution in [0.5, 0.6) is 0 Å². The van der Waals surface area contributed by atoms with Gasteiger partial charge in [-0.05, 0) is 42.5 Å². The zero-order valence-corrected chi connectivity index (χ0v) is 14.1. The number of ether oxygens (including phenoxy) is 1. The molecule has 1 amide bonds. The topological polar surface area (TPSA) is 64.3 Å². The maximum absolute atomic E-state index is 12.3. The first-order valence-corrected chi connectivity index (χ1v) is 7.75. The van der Waals surface area contributed by atoms with Crippen molar-refractivity contribution in [3.05, 3.63) is 29.8 Å². The molecule has 1 aliphatic rings. The van der Waals surface area contributed by atoms with Crippen molar-refractivity contribution in [1.29, 1.82) is 0 Å². The number of hydrogen-bond donors (Lipinski definition) is 2. The highest BCUT2D eigenvalue weighted by atomic mass is 35.5. The molecule has 5 heteroatoms. The molecule has 3 N–H and O–H groups in total. The quantitative estimate of drug-likeness (QED) is 0.841. The Labute approximate surface area is 139 Å². The summed E-state index contributed by atoms with van der Waals surface area (Å²) in [6, 6.07) is 7.79. The Hall–Kier alpha value is -1.10. The Kier molecular flexibility index (Phi) is 7.87. The molecule has 1 aliphatic carbocycles. The van der Waals surface area contributed by atoms with Crippen LogP contribution in [-0.4, -0.2) is 19.6 Å². The molecule has 1 aromatic carbocycles. The summed E-state index contributed by atoms with van der Waals surface area (Å²) in [5, 5.41) is 3.00. The van der Waals surface area contributed by atoms with Crippen molar-refractivity contribution in [2.24, 2.45) is 11.1 Å². The predicted octanol–water partition coefficient (Wildman–Crippen LogP) is 3.49. The first-order chi connectivity index (χ1) is 10.2. The average molecular weight is 327 g/mol. The van der Waals surface area contributed by atoms with Crippen LogP contribution in [0.1, 0.15) is 44.1 Å². The van der Waals surface area contributed by atoms with Gasteiger partial charge in [0.2, 0.25) is 5.91 Å². The third kappa shape index (κ3) is 5.27. The molecule has 0 heterocycles. The van der Waals surface area contributed by atoms with Crippen molar-refractivity contribution in [1.82, 2.24) is 0 Å². The molecule has 0 spiro atoms. The standard InChI is InChI=1S/C17H26N2O2.ClH/c1-21-12-14-6-5-7-15(10-14)19-16(20)11-17(13-18)8-3-2-4-9-17;/h5-7,10H,2-4,8-9,11-13,18H2,1H3,(H,19,20);1H. The number of amides is 1. The number of nitrogens with one attached hydrogen (secondary N) is 1. The maximum atomic E-state index is 12.3. The smallest absolute Gasteiger partial charge is 0.224 e. The zero-order valence-electron chi connectivity index (χ0n) is 13.3. The van der Waals surface area contributed by atoms with Crippen molar-refractivity contribution < 1.29 is 9.53 Å². The lowest BCUT2D eigenvalue weighted by molar-refractivity contribution is -0.118. The van der Waals surface area contributed by atoms with Gasteiger partial charge in [0.25, 0.3) is 0 Å². The number of carbonyl (C=O) groups is 1.